The van der Waals surface area contributed by atoms with E-state index in [4.69, 9.17) is 4.74 Å². The molecule has 0 saturated heterocycles. The molecule has 1 aromatic rings. The number of aldehydes is 1. The summed E-state index contributed by atoms with van der Waals surface area (Å²) in [5.41, 5.74) is 0.649. The summed E-state index contributed by atoms with van der Waals surface area (Å²) in [5.74, 6) is -0.489. The molecule has 0 heterocycles. The molecule has 0 spiro atoms. The maximum absolute atomic E-state index is 11.5. The second kappa shape index (κ2) is 7.93. The van der Waals surface area contributed by atoms with Gasteiger partial charge in [0.05, 0.1) is 12.3 Å². The van der Waals surface area contributed by atoms with Crippen molar-refractivity contribution in [3.8, 4) is 5.75 Å². The number of anilines is 1. The van der Waals surface area contributed by atoms with Gasteiger partial charge < -0.3 is 14.8 Å². The third-order valence-electron chi connectivity index (χ3n) is 2.30. The van der Waals surface area contributed by atoms with E-state index in [9.17, 15) is 14.4 Å². The Kier molecular flexibility index (Phi) is 6.22. The van der Waals surface area contributed by atoms with Crippen molar-refractivity contribution in [1.29, 1.82) is 0 Å². The SMILES string of the molecule is CCCOc1ccc(NC(=O)COC(C)=O)c(C=O)c1. The molecular weight excluding hydrogens is 262 g/mol. The van der Waals surface area contributed by atoms with Crippen LogP contribution in [0.15, 0.2) is 18.2 Å². The molecule has 1 N–H and O–H groups in total. The van der Waals surface area contributed by atoms with Crippen LogP contribution in [0.1, 0.15) is 30.6 Å². The largest absolute Gasteiger partial charge is 0.494 e. The van der Waals surface area contributed by atoms with Crippen LogP contribution in [-0.2, 0) is 14.3 Å². The van der Waals surface area contributed by atoms with E-state index in [1.165, 1.54) is 6.92 Å². The zero-order chi connectivity index (χ0) is 15.0. The molecule has 0 radical (unpaired) electrons. The molecule has 1 aromatic carbocycles. The lowest BCUT2D eigenvalue weighted by molar-refractivity contribution is -0.144. The van der Waals surface area contributed by atoms with Gasteiger partial charge in [0.15, 0.2) is 12.9 Å². The Morgan fingerprint density at radius 1 is 1.35 bits per heavy atom. The van der Waals surface area contributed by atoms with E-state index in [0.717, 1.165) is 6.42 Å². The van der Waals surface area contributed by atoms with Crippen molar-refractivity contribution in [3.63, 3.8) is 0 Å². The number of esters is 1. The molecule has 1 rings (SSSR count). The monoisotopic (exact) mass is 279 g/mol. The molecule has 0 atom stereocenters. The van der Waals surface area contributed by atoms with E-state index in [-0.39, 0.29) is 6.61 Å². The highest BCUT2D eigenvalue weighted by Gasteiger charge is 2.09. The lowest BCUT2D eigenvalue weighted by Gasteiger charge is -2.10. The fourth-order valence-electron chi connectivity index (χ4n) is 1.42. The number of hydrogen-bond donors (Lipinski definition) is 1. The van der Waals surface area contributed by atoms with Gasteiger partial charge in [-0.25, -0.2) is 0 Å². The predicted octanol–water partition coefficient (Wildman–Crippen LogP) is 1.79. The van der Waals surface area contributed by atoms with Gasteiger partial charge in [-0.05, 0) is 24.6 Å². The lowest BCUT2D eigenvalue weighted by Crippen LogP contribution is -2.20. The first-order valence-electron chi connectivity index (χ1n) is 6.22. The smallest absolute Gasteiger partial charge is 0.303 e. The Morgan fingerprint density at radius 3 is 2.70 bits per heavy atom. The third-order valence-corrected chi connectivity index (χ3v) is 2.30. The van der Waals surface area contributed by atoms with Gasteiger partial charge in [0, 0.05) is 12.5 Å². The van der Waals surface area contributed by atoms with Crippen molar-refractivity contribution >= 4 is 23.9 Å². The molecule has 0 bridgehead atoms. The van der Waals surface area contributed by atoms with Crippen LogP contribution in [-0.4, -0.2) is 31.4 Å². The maximum Gasteiger partial charge on any atom is 0.303 e. The number of carbonyl (C=O) groups is 3. The van der Waals surface area contributed by atoms with Crippen LogP contribution < -0.4 is 10.1 Å². The Labute approximate surface area is 117 Å². The van der Waals surface area contributed by atoms with Crippen molar-refractivity contribution in [2.45, 2.75) is 20.3 Å². The van der Waals surface area contributed by atoms with E-state index in [0.29, 0.717) is 29.9 Å². The summed E-state index contributed by atoms with van der Waals surface area (Å²) < 4.78 is 9.96. The third kappa shape index (κ3) is 5.09. The second-order valence-corrected chi connectivity index (χ2v) is 4.04. The van der Waals surface area contributed by atoms with E-state index in [2.05, 4.69) is 10.1 Å². The molecule has 0 aromatic heterocycles. The van der Waals surface area contributed by atoms with Crippen LogP contribution in [0.2, 0.25) is 0 Å². The first kappa shape index (κ1) is 15.7. The molecule has 0 aliphatic heterocycles. The molecule has 6 heteroatoms. The Hall–Kier alpha value is -2.37. The van der Waals surface area contributed by atoms with E-state index < -0.39 is 11.9 Å². The van der Waals surface area contributed by atoms with Gasteiger partial charge in [0.1, 0.15) is 5.75 Å². The second-order valence-electron chi connectivity index (χ2n) is 4.04. The molecule has 0 aliphatic rings. The topological polar surface area (TPSA) is 81.7 Å². The Morgan fingerprint density at radius 2 is 2.10 bits per heavy atom. The van der Waals surface area contributed by atoms with Gasteiger partial charge in [0.25, 0.3) is 5.91 Å². The fourth-order valence-corrected chi connectivity index (χ4v) is 1.42. The summed E-state index contributed by atoms with van der Waals surface area (Å²) in [4.78, 5) is 33.1. The number of nitrogens with one attached hydrogen (secondary N) is 1. The summed E-state index contributed by atoms with van der Waals surface area (Å²) in [6, 6.07) is 4.77. The molecule has 6 nitrogen and oxygen atoms in total. The average Bonchev–Trinajstić information content (AvgIpc) is 2.44. The summed E-state index contributed by atoms with van der Waals surface area (Å²) in [5, 5.41) is 2.50. The molecule has 0 unspecified atom stereocenters. The standard InChI is InChI=1S/C14H17NO5/c1-3-6-19-12-4-5-13(11(7-12)8-16)15-14(18)9-20-10(2)17/h4-5,7-8H,3,6,9H2,1-2H3,(H,15,18). The van der Waals surface area contributed by atoms with E-state index in [1.54, 1.807) is 18.2 Å². The minimum Gasteiger partial charge on any atom is -0.494 e. The van der Waals surface area contributed by atoms with Crippen molar-refractivity contribution < 1.29 is 23.9 Å². The highest BCUT2D eigenvalue weighted by Crippen LogP contribution is 2.21. The molecule has 1 amide bonds. The van der Waals surface area contributed by atoms with Gasteiger partial charge in [-0.1, -0.05) is 6.92 Å². The van der Waals surface area contributed by atoms with E-state index >= 15 is 0 Å². The highest BCUT2D eigenvalue weighted by molar-refractivity contribution is 5.97. The van der Waals surface area contributed by atoms with Crippen molar-refractivity contribution in [3.05, 3.63) is 23.8 Å². The van der Waals surface area contributed by atoms with Gasteiger partial charge >= 0.3 is 5.97 Å². The van der Waals surface area contributed by atoms with E-state index in [1.807, 2.05) is 6.92 Å². The zero-order valence-corrected chi connectivity index (χ0v) is 11.5. The van der Waals surface area contributed by atoms with Crippen LogP contribution >= 0.6 is 0 Å². The van der Waals surface area contributed by atoms with Crippen LogP contribution in [0.25, 0.3) is 0 Å². The molecule has 0 aliphatic carbocycles. The molecule has 0 fully saturated rings. The van der Waals surface area contributed by atoms with Crippen molar-refractivity contribution in [2.75, 3.05) is 18.5 Å². The van der Waals surface area contributed by atoms with Crippen LogP contribution in [0.3, 0.4) is 0 Å². The first-order chi connectivity index (χ1) is 9.56. The predicted molar refractivity (Wildman–Crippen MR) is 72.9 cm³/mol. The van der Waals surface area contributed by atoms with Gasteiger partial charge in [0.2, 0.25) is 0 Å². The molecule has 108 valence electrons. The average molecular weight is 279 g/mol. The first-order valence-corrected chi connectivity index (χ1v) is 6.22. The Balaban J connectivity index is 2.72. The quantitative estimate of drug-likeness (QED) is 0.608. The summed E-state index contributed by atoms with van der Waals surface area (Å²) in [7, 11) is 0. The number of hydrogen-bond acceptors (Lipinski definition) is 5. The zero-order valence-electron chi connectivity index (χ0n) is 11.5. The lowest BCUT2D eigenvalue weighted by atomic mass is 10.2. The van der Waals surface area contributed by atoms with Gasteiger partial charge in [-0.2, -0.15) is 0 Å². The normalized spacial score (nSPS) is 9.70. The maximum atomic E-state index is 11.5. The van der Waals surface area contributed by atoms with Crippen molar-refractivity contribution in [1.82, 2.24) is 0 Å². The summed E-state index contributed by atoms with van der Waals surface area (Å²) in [6.07, 6.45) is 1.48. The number of carbonyl (C=O) groups excluding carboxylic acids is 3. The van der Waals surface area contributed by atoms with Crippen LogP contribution in [0.4, 0.5) is 5.69 Å². The Bertz CT molecular complexity index is 498. The minimum absolute atomic E-state index is 0.301. The van der Waals surface area contributed by atoms with Gasteiger partial charge in [-0.3, -0.25) is 14.4 Å². The van der Waals surface area contributed by atoms with Gasteiger partial charge in [-0.15, -0.1) is 0 Å². The molecular formula is C14H17NO5. The minimum atomic E-state index is -0.543. The number of rotatable bonds is 7. The molecule has 20 heavy (non-hydrogen) atoms. The fraction of sp³-hybridized carbons (Fsp3) is 0.357. The molecule has 0 saturated carbocycles. The van der Waals surface area contributed by atoms with Crippen LogP contribution in [0, 0.1) is 0 Å². The summed E-state index contributed by atoms with van der Waals surface area (Å²) >= 11 is 0. The van der Waals surface area contributed by atoms with Crippen LogP contribution in [0.5, 0.6) is 5.75 Å². The highest BCUT2D eigenvalue weighted by atomic mass is 16.5. The number of amides is 1. The van der Waals surface area contributed by atoms with Crippen molar-refractivity contribution in [2.24, 2.45) is 0 Å². The number of ether oxygens (including phenoxy) is 2. The number of benzene rings is 1. The summed E-state index contributed by atoms with van der Waals surface area (Å²) in [6.45, 7) is 3.35.